The first-order valence-corrected chi connectivity index (χ1v) is 7.69. The molecular weight excluding hydrogens is 352 g/mol. The van der Waals surface area contributed by atoms with Gasteiger partial charge >= 0.3 is 0 Å². The molecule has 0 radical (unpaired) electrons. The van der Waals surface area contributed by atoms with Crippen LogP contribution in [0.2, 0.25) is 20.1 Å². The lowest BCUT2D eigenvalue weighted by atomic mass is 10.3. The largest absolute Gasteiger partial charge is 0.469 e. The molecule has 0 aliphatic rings. The van der Waals surface area contributed by atoms with E-state index < -0.39 is 0 Å². The van der Waals surface area contributed by atoms with Crippen molar-refractivity contribution in [3.63, 3.8) is 0 Å². The number of hydrogen-bond acceptors (Lipinski definition) is 2. The van der Waals surface area contributed by atoms with Crippen molar-refractivity contribution >= 4 is 52.1 Å². The third-order valence-corrected chi connectivity index (χ3v) is 4.29. The van der Waals surface area contributed by atoms with Crippen molar-refractivity contribution in [2.75, 3.05) is 11.9 Å². The minimum atomic E-state index is -0.266. The normalized spacial score (nSPS) is 12.1. The van der Waals surface area contributed by atoms with E-state index in [1.54, 1.807) is 12.1 Å². The highest BCUT2D eigenvalue weighted by Gasteiger charge is 2.15. The molecule has 0 N–H and O–H groups in total. The Hall–Kier alpha value is -0.800. The van der Waals surface area contributed by atoms with Gasteiger partial charge in [0.25, 0.3) is 0 Å². The molecule has 0 saturated heterocycles. The van der Waals surface area contributed by atoms with E-state index in [-0.39, 0.29) is 6.23 Å². The highest BCUT2D eigenvalue weighted by Crippen LogP contribution is 2.34. The Bertz CT molecular complexity index is 648. The second kappa shape index (κ2) is 6.97. The number of anilines is 1. The van der Waals surface area contributed by atoms with Gasteiger partial charge in [0.2, 0.25) is 0 Å². The average Bonchev–Trinajstić information content (AvgIpc) is 2.43. The van der Waals surface area contributed by atoms with Crippen LogP contribution < -0.4 is 9.64 Å². The molecule has 112 valence electrons. The minimum Gasteiger partial charge on any atom is -0.469 e. The van der Waals surface area contributed by atoms with Gasteiger partial charge < -0.3 is 9.64 Å². The smallest absolute Gasteiger partial charge is 0.169 e. The molecule has 0 saturated carbocycles. The third kappa shape index (κ3) is 4.10. The molecule has 0 fully saturated rings. The van der Waals surface area contributed by atoms with Gasteiger partial charge in [0, 0.05) is 23.8 Å². The van der Waals surface area contributed by atoms with Gasteiger partial charge in [-0.05, 0) is 31.2 Å². The van der Waals surface area contributed by atoms with E-state index in [1.165, 1.54) is 0 Å². The van der Waals surface area contributed by atoms with Crippen LogP contribution in [0.1, 0.15) is 6.92 Å². The Kier molecular flexibility index (Phi) is 5.50. The van der Waals surface area contributed by atoms with Gasteiger partial charge in [0.05, 0.1) is 15.1 Å². The summed E-state index contributed by atoms with van der Waals surface area (Å²) in [6.07, 6.45) is -0.266. The summed E-state index contributed by atoms with van der Waals surface area (Å²) >= 11 is 24.0. The molecule has 2 nitrogen and oxygen atoms in total. The maximum Gasteiger partial charge on any atom is 0.169 e. The van der Waals surface area contributed by atoms with Crippen molar-refractivity contribution in [2.45, 2.75) is 13.2 Å². The van der Waals surface area contributed by atoms with Crippen molar-refractivity contribution < 1.29 is 4.74 Å². The summed E-state index contributed by atoms with van der Waals surface area (Å²) in [6.45, 7) is 1.90. The fourth-order valence-corrected chi connectivity index (χ4v) is 2.53. The second-order valence-electron chi connectivity index (χ2n) is 4.50. The fraction of sp³-hybridized carbons (Fsp3) is 0.200. The molecule has 21 heavy (non-hydrogen) atoms. The van der Waals surface area contributed by atoms with Gasteiger partial charge in [0.15, 0.2) is 6.23 Å². The maximum atomic E-state index is 6.11. The van der Waals surface area contributed by atoms with Gasteiger partial charge in [-0.15, -0.1) is 0 Å². The molecule has 0 aliphatic heterocycles. The zero-order chi connectivity index (χ0) is 15.6. The SMILES string of the molecule is CC(Oc1cc(Cl)c(Cl)cc1Cl)N(C)c1cccc(Cl)c1. The summed E-state index contributed by atoms with van der Waals surface area (Å²) in [6, 6.07) is 10.7. The predicted octanol–water partition coefficient (Wildman–Crippen LogP) is 6.16. The molecule has 2 rings (SSSR count). The van der Waals surface area contributed by atoms with Crippen molar-refractivity contribution in [1.82, 2.24) is 0 Å². The van der Waals surface area contributed by atoms with Gasteiger partial charge in [-0.3, -0.25) is 0 Å². The minimum absolute atomic E-state index is 0.266. The van der Waals surface area contributed by atoms with Crippen molar-refractivity contribution in [3.8, 4) is 5.75 Å². The van der Waals surface area contributed by atoms with Crippen LogP contribution in [0.4, 0.5) is 5.69 Å². The summed E-state index contributed by atoms with van der Waals surface area (Å²) in [5, 5.41) is 1.87. The van der Waals surface area contributed by atoms with E-state index in [0.717, 1.165) is 5.69 Å². The van der Waals surface area contributed by atoms with Gasteiger partial charge in [-0.2, -0.15) is 0 Å². The van der Waals surface area contributed by atoms with Gasteiger partial charge in [-0.1, -0.05) is 52.5 Å². The van der Waals surface area contributed by atoms with Crippen molar-refractivity contribution in [2.24, 2.45) is 0 Å². The molecule has 0 amide bonds. The first kappa shape index (κ1) is 16.6. The number of ether oxygens (including phenoxy) is 1. The number of rotatable bonds is 4. The van der Waals surface area contributed by atoms with Crippen LogP contribution in [0.15, 0.2) is 36.4 Å². The van der Waals surface area contributed by atoms with Crippen LogP contribution in [0.25, 0.3) is 0 Å². The van der Waals surface area contributed by atoms with Crippen molar-refractivity contribution in [1.29, 1.82) is 0 Å². The zero-order valence-corrected chi connectivity index (χ0v) is 14.4. The Balaban J connectivity index is 2.18. The molecule has 2 aromatic rings. The lowest BCUT2D eigenvalue weighted by molar-refractivity contribution is 0.222. The summed E-state index contributed by atoms with van der Waals surface area (Å²) in [5.74, 6) is 0.479. The topological polar surface area (TPSA) is 12.5 Å². The first-order valence-electron chi connectivity index (χ1n) is 6.18. The van der Waals surface area contributed by atoms with Crippen LogP contribution in [-0.2, 0) is 0 Å². The first-order chi connectivity index (χ1) is 9.88. The lowest BCUT2D eigenvalue weighted by Gasteiger charge is -2.28. The Morgan fingerprint density at radius 3 is 2.29 bits per heavy atom. The molecule has 0 bridgehead atoms. The molecule has 0 aromatic heterocycles. The molecular formula is C15H13Cl4NO. The summed E-state index contributed by atoms with van der Waals surface area (Å²) in [5.41, 5.74) is 0.936. The lowest BCUT2D eigenvalue weighted by Crippen LogP contribution is -2.33. The van der Waals surface area contributed by atoms with Crippen LogP contribution in [0, 0.1) is 0 Å². The zero-order valence-electron chi connectivity index (χ0n) is 11.4. The van der Waals surface area contributed by atoms with E-state index in [1.807, 2.05) is 43.1 Å². The predicted molar refractivity (Wildman–Crippen MR) is 91.4 cm³/mol. The highest BCUT2D eigenvalue weighted by molar-refractivity contribution is 6.43. The monoisotopic (exact) mass is 363 g/mol. The standard InChI is InChI=1S/C15H13Cl4NO/c1-9(20(2)11-5-3-4-10(16)6-11)21-15-8-13(18)12(17)7-14(15)19/h3-9H,1-2H3. The molecule has 0 spiro atoms. The average molecular weight is 365 g/mol. The second-order valence-corrected chi connectivity index (χ2v) is 6.16. The molecule has 2 aromatic carbocycles. The van der Waals surface area contributed by atoms with Gasteiger partial charge in [0.1, 0.15) is 5.75 Å². The number of hydrogen-bond donors (Lipinski definition) is 0. The fourth-order valence-electron chi connectivity index (χ4n) is 1.76. The third-order valence-electron chi connectivity index (χ3n) is 3.03. The molecule has 0 heterocycles. The molecule has 6 heteroatoms. The number of nitrogens with zero attached hydrogens (tertiary/aromatic N) is 1. The van der Waals surface area contributed by atoms with Crippen LogP contribution in [-0.4, -0.2) is 13.3 Å². The number of halogens is 4. The van der Waals surface area contributed by atoms with E-state index in [2.05, 4.69) is 0 Å². The Morgan fingerprint density at radius 2 is 1.62 bits per heavy atom. The Morgan fingerprint density at radius 1 is 0.952 bits per heavy atom. The van der Waals surface area contributed by atoms with Crippen LogP contribution in [0.3, 0.4) is 0 Å². The van der Waals surface area contributed by atoms with E-state index in [9.17, 15) is 0 Å². The summed E-state index contributed by atoms with van der Waals surface area (Å²) < 4.78 is 5.84. The highest BCUT2D eigenvalue weighted by atomic mass is 35.5. The van der Waals surface area contributed by atoms with Crippen LogP contribution in [0.5, 0.6) is 5.75 Å². The van der Waals surface area contributed by atoms with E-state index >= 15 is 0 Å². The van der Waals surface area contributed by atoms with E-state index in [0.29, 0.717) is 25.8 Å². The summed E-state index contributed by atoms with van der Waals surface area (Å²) in [7, 11) is 1.90. The van der Waals surface area contributed by atoms with Crippen molar-refractivity contribution in [3.05, 3.63) is 56.5 Å². The number of benzene rings is 2. The summed E-state index contributed by atoms with van der Waals surface area (Å²) in [4.78, 5) is 1.94. The Labute approximate surface area is 144 Å². The van der Waals surface area contributed by atoms with Crippen LogP contribution >= 0.6 is 46.4 Å². The maximum absolute atomic E-state index is 6.11. The molecule has 0 aliphatic carbocycles. The molecule has 1 unspecified atom stereocenters. The van der Waals surface area contributed by atoms with E-state index in [4.69, 9.17) is 51.1 Å². The quantitative estimate of drug-likeness (QED) is 0.475. The molecule has 1 atom stereocenters. The van der Waals surface area contributed by atoms with Gasteiger partial charge in [-0.25, -0.2) is 0 Å².